The average Bonchev–Trinajstić information content (AvgIpc) is 2.97. The van der Waals surface area contributed by atoms with Gasteiger partial charge in [-0.3, -0.25) is 4.90 Å². The van der Waals surface area contributed by atoms with Gasteiger partial charge in [-0.05, 0) is 31.4 Å². The van der Waals surface area contributed by atoms with E-state index in [1.165, 1.54) is 17.9 Å². The quantitative estimate of drug-likeness (QED) is 0.859. The van der Waals surface area contributed by atoms with Gasteiger partial charge >= 0.3 is 0 Å². The van der Waals surface area contributed by atoms with E-state index in [2.05, 4.69) is 55.0 Å². The molecule has 1 aromatic rings. The standard InChI is InChI=1S/C14H24N2OS/c1-11(2)15-8-13-4-5-14(17-13)9-16(3)12-6-7-18-10-12/h4-5,11-12,15H,6-10H2,1-3H3. The molecule has 0 aliphatic carbocycles. The predicted molar refractivity (Wildman–Crippen MR) is 77.9 cm³/mol. The van der Waals surface area contributed by atoms with E-state index in [0.29, 0.717) is 6.04 Å². The van der Waals surface area contributed by atoms with Crippen molar-refractivity contribution in [1.29, 1.82) is 0 Å². The summed E-state index contributed by atoms with van der Waals surface area (Å²) in [7, 11) is 2.20. The summed E-state index contributed by atoms with van der Waals surface area (Å²) in [5.41, 5.74) is 0. The normalized spacial score (nSPS) is 20.2. The van der Waals surface area contributed by atoms with Crippen LogP contribution in [0.2, 0.25) is 0 Å². The lowest BCUT2D eigenvalue weighted by Gasteiger charge is -2.22. The molecule has 18 heavy (non-hydrogen) atoms. The highest BCUT2D eigenvalue weighted by atomic mass is 32.2. The number of furan rings is 1. The molecule has 1 aliphatic heterocycles. The predicted octanol–water partition coefficient (Wildman–Crippen LogP) is 2.71. The molecule has 102 valence electrons. The summed E-state index contributed by atoms with van der Waals surface area (Å²) in [6.07, 6.45) is 1.31. The summed E-state index contributed by atoms with van der Waals surface area (Å²) in [5, 5.41) is 3.37. The Bertz CT molecular complexity index is 358. The second-order valence-corrected chi connectivity index (χ2v) is 6.49. The summed E-state index contributed by atoms with van der Waals surface area (Å²) >= 11 is 2.06. The third-order valence-corrected chi connectivity index (χ3v) is 4.48. The van der Waals surface area contributed by atoms with Crippen LogP contribution in [-0.4, -0.2) is 35.5 Å². The summed E-state index contributed by atoms with van der Waals surface area (Å²) in [6.45, 7) is 6.04. The van der Waals surface area contributed by atoms with Crippen molar-refractivity contribution in [2.24, 2.45) is 0 Å². The van der Waals surface area contributed by atoms with E-state index < -0.39 is 0 Å². The molecule has 0 spiro atoms. The molecule has 1 saturated heterocycles. The van der Waals surface area contributed by atoms with Gasteiger partial charge in [-0.15, -0.1) is 0 Å². The molecule has 0 bridgehead atoms. The average molecular weight is 268 g/mol. The molecule has 0 amide bonds. The van der Waals surface area contributed by atoms with Gasteiger partial charge in [-0.25, -0.2) is 0 Å². The number of nitrogens with one attached hydrogen (secondary N) is 1. The molecular formula is C14H24N2OS. The fourth-order valence-corrected chi connectivity index (χ4v) is 3.45. The van der Waals surface area contributed by atoms with E-state index in [-0.39, 0.29) is 0 Å². The van der Waals surface area contributed by atoms with E-state index in [4.69, 9.17) is 4.42 Å². The molecular weight excluding hydrogens is 244 g/mol. The maximum atomic E-state index is 5.85. The summed E-state index contributed by atoms with van der Waals surface area (Å²) in [6, 6.07) is 5.41. The van der Waals surface area contributed by atoms with Crippen LogP contribution in [0.3, 0.4) is 0 Å². The lowest BCUT2D eigenvalue weighted by atomic mass is 10.2. The fourth-order valence-electron chi connectivity index (χ4n) is 2.15. The molecule has 2 rings (SSSR count). The number of hydrogen-bond donors (Lipinski definition) is 1. The number of thioether (sulfide) groups is 1. The summed E-state index contributed by atoms with van der Waals surface area (Å²) in [5.74, 6) is 4.68. The molecule has 1 aromatic heterocycles. The van der Waals surface area contributed by atoms with E-state index in [1.54, 1.807) is 0 Å². The number of hydrogen-bond acceptors (Lipinski definition) is 4. The van der Waals surface area contributed by atoms with Gasteiger partial charge in [-0.1, -0.05) is 13.8 Å². The van der Waals surface area contributed by atoms with Crippen LogP contribution in [0.1, 0.15) is 31.8 Å². The van der Waals surface area contributed by atoms with Gasteiger partial charge < -0.3 is 9.73 Å². The zero-order chi connectivity index (χ0) is 13.0. The van der Waals surface area contributed by atoms with Crippen molar-refractivity contribution in [3.05, 3.63) is 23.7 Å². The smallest absolute Gasteiger partial charge is 0.118 e. The minimum Gasteiger partial charge on any atom is -0.463 e. The van der Waals surface area contributed by atoms with Gasteiger partial charge in [0.1, 0.15) is 11.5 Å². The van der Waals surface area contributed by atoms with Crippen molar-refractivity contribution in [2.75, 3.05) is 18.6 Å². The Morgan fingerprint density at radius 3 is 2.89 bits per heavy atom. The highest BCUT2D eigenvalue weighted by molar-refractivity contribution is 7.99. The first-order chi connectivity index (χ1) is 8.65. The molecule has 2 heterocycles. The maximum absolute atomic E-state index is 5.85. The Balaban J connectivity index is 1.82. The Kier molecular flexibility index (Phi) is 5.15. The molecule has 1 atom stereocenters. The third kappa shape index (κ3) is 4.04. The molecule has 1 fully saturated rings. The van der Waals surface area contributed by atoms with Crippen LogP contribution in [0.15, 0.2) is 16.5 Å². The van der Waals surface area contributed by atoms with Crippen LogP contribution in [0.5, 0.6) is 0 Å². The molecule has 0 saturated carbocycles. The van der Waals surface area contributed by atoms with Gasteiger partial charge in [0, 0.05) is 17.8 Å². The maximum Gasteiger partial charge on any atom is 0.118 e. The van der Waals surface area contributed by atoms with E-state index >= 15 is 0 Å². The zero-order valence-corrected chi connectivity index (χ0v) is 12.4. The number of nitrogens with zero attached hydrogens (tertiary/aromatic N) is 1. The van der Waals surface area contributed by atoms with Crippen LogP contribution in [0.25, 0.3) is 0 Å². The minimum atomic E-state index is 0.497. The van der Waals surface area contributed by atoms with Crippen LogP contribution in [0.4, 0.5) is 0 Å². The molecule has 1 unspecified atom stereocenters. The van der Waals surface area contributed by atoms with E-state index in [1.807, 2.05) is 0 Å². The monoisotopic (exact) mass is 268 g/mol. The van der Waals surface area contributed by atoms with E-state index in [0.717, 1.165) is 30.7 Å². The minimum absolute atomic E-state index is 0.497. The van der Waals surface area contributed by atoms with Crippen molar-refractivity contribution in [1.82, 2.24) is 10.2 Å². The van der Waals surface area contributed by atoms with Crippen molar-refractivity contribution in [3.63, 3.8) is 0 Å². The van der Waals surface area contributed by atoms with Crippen molar-refractivity contribution >= 4 is 11.8 Å². The van der Waals surface area contributed by atoms with Crippen molar-refractivity contribution in [3.8, 4) is 0 Å². The first kappa shape index (κ1) is 14.0. The highest BCUT2D eigenvalue weighted by Gasteiger charge is 2.20. The lowest BCUT2D eigenvalue weighted by Crippen LogP contribution is -2.30. The highest BCUT2D eigenvalue weighted by Crippen LogP contribution is 2.23. The van der Waals surface area contributed by atoms with Gasteiger partial charge in [0.25, 0.3) is 0 Å². The molecule has 1 N–H and O–H groups in total. The molecule has 0 radical (unpaired) electrons. The zero-order valence-electron chi connectivity index (χ0n) is 11.6. The van der Waals surface area contributed by atoms with Gasteiger partial charge in [-0.2, -0.15) is 11.8 Å². The molecule has 4 heteroatoms. The van der Waals surface area contributed by atoms with Gasteiger partial charge in [0.2, 0.25) is 0 Å². The van der Waals surface area contributed by atoms with Crippen LogP contribution < -0.4 is 5.32 Å². The second-order valence-electron chi connectivity index (χ2n) is 5.34. The van der Waals surface area contributed by atoms with Gasteiger partial charge in [0.15, 0.2) is 0 Å². The summed E-state index contributed by atoms with van der Waals surface area (Å²) in [4.78, 5) is 2.42. The molecule has 0 aromatic carbocycles. The van der Waals surface area contributed by atoms with Crippen LogP contribution in [-0.2, 0) is 13.1 Å². The van der Waals surface area contributed by atoms with Crippen LogP contribution in [0, 0.1) is 0 Å². The molecule has 1 aliphatic rings. The second kappa shape index (κ2) is 6.64. The Hall–Kier alpha value is -0.450. The molecule has 3 nitrogen and oxygen atoms in total. The van der Waals surface area contributed by atoms with Crippen LogP contribution >= 0.6 is 11.8 Å². The van der Waals surface area contributed by atoms with E-state index in [9.17, 15) is 0 Å². The first-order valence-corrected chi connectivity index (χ1v) is 7.89. The van der Waals surface area contributed by atoms with Gasteiger partial charge in [0.05, 0.1) is 13.1 Å². The number of rotatable bonds is 6. The SMILES string of the molecule is CC(C)NCc1ccc(CN(C)C2CCSC2)o1. The Morgan fingerprint density at radius 2 is 2.22 bits per heavy atom. The fraction of sp³-hybridized carbons (Fsp3) is 0.714. The van der Waals surface area contributed by atoms with Crippen molar-refractivity contribution < 1.29 is 4.42 Å². The lowest BCUT2D eigenvalue weighted by molar-refractivity contribution is 0.231. The third-order valence-electron chi connectivity index (χ3n) is 3.34. The topological polar surface area (TPSA) is 28.4 Å². The Morgan fingerprint density at radius 1 is 1.44 bits per heavy atom. The summed E-state index contributed by atoms with van der Waals surface area (Å²) < 4.78 is 5.85. The Labute approximate surface area is 114 Å². The van der Waals surface area contributed by atoms with Crippen molar-refractivity contribution in [2.45, 2.75) is 45.4 Å². The first-order valence-electron chi connectivity index (χ1n) is 6.74. The largest absolute Gasteiger partial charge is 0.463 e.